The number of esters is 1. The van der Waals surface area contributed by atoms with Crippen molar-refractivity contribution in [1.29, 1.82) is 0 Å². The van der Waals surface area contributed by atoms with E-state index in [1.54, 1.807) is 6.07 Å². The third kappa shape index (κ3) is 3.60. The van der Waals surface area contributed by atoms with E-state index in [1.165, 1.54) is 24.3 Å². The van der Waals surface area contributed by atoms with Gasteiger partial charge in [0.1, 0.15) is 0 Å². The van der Waals surface area contributed by atoms with Gasteiger partial charge in [0.05, 0.1) is 11.3 Å². The molecule has 0 atom stereocenters. The molecule has 1 saturated heterocycles. The van der Waals surface area contributed by atoms with Crippen molar-refractivity contribution in [1.82, 2.24) is 4.57 Å². The Morgan fingerprint density at radius 2 is 1.64 bits per heavy atom. The highest BCUT2D eigenvalue weighted by atomic mass is 16.5. The van der Waals surface area contributed by atoms with Crippen LogP contribution in [0.3, 0.4) is 0 Å². The summed E-state index contributed by atoms with van der Waals surface area (Å²) in [7, 11) is 0. The molecule has 1 aromatic carbocycles. The van der Waals surface area contributed by atoms with Crippen LogP contribution in [0.4, 0.5) is 5.69 Å². The van der Waals surface area contributed by atoms with Gasteiger partial charge in [-0.2, -0.15) is 0 Å². The number of carbonyl (C=O) groups is 4. The van der Waals surface area contributed by atoms with E-state index < -0.39 is 5.97 Å². The van der Waals surface area contributed by atoms with Crippen molar-refractivity contribution in [3.63, 3.8) is 0 Å². The number of aromatic nitrogens is 1. The molecule has 1 aromatic heterocycles. The zero-order valence-electron chi connectivity index (χ0n) is 16.2. The maximum absolute atomic E-state index is 12.4. The van der Waals surface area contributed by atoms with Gasteiger partial charge in [0, 0.05) is 36.3 Å². The van der Waals surface area contributed by atoms with E-state index in [0.29, 0.717) is 11.3 Å². The molecule has 0 aliphatic carbocycles. The molecule has 1 aliphatic rings. The Hall–Kier alpha value is -3.22. The number of imide groups is 1. The van der Waals surface area contributed by atoms with Gasteiger partial charge in [-0.15, -0.1) is 0 Å². The van der Waals surface area contributed by atoms with E-state index in [2.05, 4.69) is 0 Å². The maximum atomic E-state index is 12.4. The predicted octanol–water partition coefficient (Wildman–Crippen LogP) is 2.82. The highest BCUT2D eigenvalue weighted by Gasteiger charge is 2.30. The van der Waals surface area contributed by atoms with E-state index in [9.17, 15) is 19.2 Å². The van der Waals surface area contributed by atoms with Crippen molar-refractivity contribution >= 4 is 29.3 Å². The lowest BCUT2D eigenvalue weighted by molar-refractivity contribution is -0.121. The summed E-state index contributed by atoms with van der Waals surface area (Å²) in [6.45, 7) is 6.21. The summed E-state index contributed by atoms with van der Waals surface area (Å²) in [5.74, 6) is -1.40. The number of anilines is 1. The van der Waals surface area contributed by atoms with Crippen LogP contribution in [0.1, 0.15) is 51.9 Å². The zero-order valence-corrected chi connectivity index (χ0v) is 16.2. The molecule has 3 rings (SSSR count). The number of ketones is 1. The van der Waals surface area contributed by atoms with Crippen molar-refractivity contribution in [3.05, 3.63) is 52.8 Å². The monoisotopic (exact) mass is 382 g/mol. The fourth-order valence-corrected chi connectivity index (χ4v) is 3.47. The van der Waals surface area contributed by atoms with Crippen molar-refractivity contribution < 1.29 is 23.9 Å². The number of benzene rings is 1. The van der Waals surface area contributed by atoms with E-state index in [4.69, 9.17) is 4.74 Å². The van der Waals surface area contributed by atoms with Crippen LogP contribution < -0.4 is 4.90 Å². The average Bonchev–Trinajstić information content (AvgIpc) is 3.17. The Balaban J connectivity index is 1.64. The minimum atomic E-state index is -0.636. The summed E-state index contributed by atoms with van der Waals surface area (Å²) in [4.78, 5) is 49.3. The Labute approximate surface area is 162 Å². The molecule has 2 heterocycles. The number of carbonyl (C=O) groups excluding carboxylic acids is 4. The van der Waals surface area contributed by atoms with Crippen LogP contribution in [0.5, 0.6) is 0 Å². The highest BCUT2D eigenvalue weighted by molar-refractivity contribution is 6.19. The molecule has 0 spiro atoms. The number of nitrogens with zero attached hydrogens (tertiary/aromatic N) is 2. The van der Waals surface area contributed by atoms with Gasteiger partial charge in [0.2, 0.25) is 17.6 Å². The van der Waals surface area contributed by atoms with Gasteiger partial charge in [0.25, 0.3) is 0 Å². The summed E-state index contributed by atoms with van der Waals surface area (Å²) in [5, 5.41) is 0. The smallest absolute Gasteiger partial charge is 0.338 e. The fraction of sp³-hybridized carbons (Fsp3) is 0.333. The fourth-order valence-electron chi connectivity index (χ4n) is 3.47. The number of hydrogen-bond acceptors (Lipinski definition) is 5. The summed E-state index contributed by atoms with van der Waals surface area (Å²) >= 11 is 0. The SMILES string of the molecule is CCn1c(C)cc(C(=O)COC(=O)c2ccc(N3C(=O)CCC3=O)cc2)c1C. The predicted molar refractivity (Wildman–Crippen MR) is 102 cm³/mol. The number of ether oxygens (including phenoxy) is 1. The van der Waals surface area contributed by atoms with E-state index in [1.807, 2.05) is 25.3 Å². The lowest BCUT2D eigenvalue weighted by atomic mass is 10.1. The Morgan fingerprint density at radius 3 is 2.18 bits per heavy atom. The van der Waals surface area contributed by atoms with Crippen LogP contribution in [-0.2, 0) is 20.9 Å². The van der Waals surface area contributed by atoms with Crippen LogP contribution in [0.15, 0.2) is 30.3 Å². The Kier molecular flexibility index (Phi) is 5.44. The van der Waals surface area contributed by atoms with Crippen LogP contribution >= 0.6 is 0 Å². The van der Waals surface area contributed by atoms with Crippen molar-refractivity contribution in [2.24, 2.45) is 0 Å². The van der Waals surface area contributed by atoms with Crippen LogP contribution in [0, 0.1) is 13.8 Å². The molecule has 7 heteroatoms. The molecule has 0 radical (unpaired) electrons. The van der Waals surface area contributed by atoms with Gasteiger partial charge >= 0.3 is 5.97 Å². The van der Waals surface area contributed by atoms with Gasteiger partial charge < -0.3 is 9.30 Å². The largest absolute Gasteiger partial charge is 0.454 e. The summed E-state index contributed by atoms with van der Waals surface area (Å²) in [5.41, 5.74) is 3.05. The van der Waals surface area contributed by atoms with Crippen molar-refractivity contribution in [2.45, 2.75) is 40.2 Å². The molecule has 1 fully saturated rings. The first kappa shape index (κ1) is 19.5. The van der Waals surface area contributed by atoms with Gasteiger partial charge in [0.15, 0.2) is 6.61 Å². The normalized spacial score (nSPS) is 13.9. The van der Waals surface area contributed by atoms with Gasteiger partial charge in [-0.3, -0.25) is 19.3 Å². The van der Waals surface area contributed by atoms with Crippen molar-refractivity contribution in [2.75, 3.05) is 11.5 Å². The molecule has 0 saturated carbocycles. The zero-order chi connectivity index (χ0) is 20.4. The quantitative estimate of drug-likeness (QED) is 0.436. The van der Waals surface area contributed by atoms with Crippen molar-refractivity contribution in [3.8, 4) is 0 Å². The van der Waals surface area contributed by atoms with Crippen LogP contribution in [-0.4, -0.2) is 34.7 Å². The lowest BCUT2D eigenvalue weighted by Gasteiger charge is -2.14. The second-order valence-electron chi connectivity index (χ2n) is 6.70. The molecular weight excluding hydrogens is 360 g/mol. The average molecular weight is 382 g/mol. The topological polar surface area (TPSA) is 85.7 Å². The first-order chi connectivity index (χ1) is 13.3. The molecule has 1 aliphatic heterocycles. The molecule has 2 aromatic rings. The molecule has 2 amide bonds. The number of Topliss-reactive ketones (excluding diaryl/α,β-unsaturated/α-hetero) is 1. The second kappa shape index (κ2) is 7.80. The molecule has 146 valence electrons. The number of aryl methyl sites for hydroxylation is 1. The first-order valence-corrected chi connectivity index (χ1v) is 9.16. The summed E-state index contributed by atoms with van der Waals surface area (Å²) in [6.07, 6.45) is 0.396. The molecule has 0 N–H and O–H groups in total. The van der Waals surface area contributed by atoms with Crippen LogP contribution in [0.25, 0.3) is 0 Å². The maximum Gasteiger partial charge on any atom is 0.338 e. The Bertz CT molecular complexity index is 940. The minimum absolute atomic E-state index is 0.198. The summed E-state index contributed by atoms with van der Waals surface area (Å²) in [6, 6.07) is 7.80. The molecule has 0 bridgehead atoms. The van der Waals surface area contributed by atoms with E-state index >= 15 is 0 Å². The molecule has 0 unspecified atom stereocenters. The Morgan fingerprint density at radius 1 is 1.04 bits per heavy atom. The molecular formula is C21H22N2O5. The second-order valence-corrected chi connectivity index (χ2v) is 6.70. The molecule has 7 nitrogen and oxygen atoms in total. The number of hydrogen-bond donors (Lipinski definition) is 0. The van der Waals surface area contributed by atoms with Gasteiger partial charge in [-0.1, -0.05) is 0 Å². The number of amides is 2. The van der Waals surface area contributed by atoms with Gasteiger partial charge in [-0.25, -0.2) is 4.79 Å². The van der Waals surface area contributed by atoms with Crippen LogP contribution in [0.2, 0.25) is 0 Å². The highest BCUT2D eigenvalue weighted by Crippen LogP contribution is 2.23. The third-order valence-corrected chi connectivity index (χ3v) is 4.94. The van der Waals surface area contributed by atoms with Gasteiger partial charge in [-0.05, 0) is 51.1 Å². The third-order valence-electron chi connectivity index (χ3n) is 4.94. The lowest BCUT2D eigenvalue weighted by Crippen LogP contribution is -2.28. The number of rotatable bonds is 6. The minimum Gasteiger partial charge on any atom is -0.454 e. The van der Waals surface area contributed by atoms with E-state index in [0.717, 1.165) is 22.8 Å². The first-order valence-electron chi connectivity index (χ1n) is 9.16. The molecule has 28 heavy (non-hydrogen) atoms. The standard InChI is InChI=1S/C21H22N2O5/c1-4-22-13(2)11-17(14(22)3)18(24)12-28-21(27)15-5-7-16(8-6-15)23-19(25)9-10-20(23)26/h5-8,11H,4,9-10,12H2,1-3H3. The van der Waals surface area contributed by atoms with E-state index in [-0.39, 0.29) is 42.6 Å². The summed E-state index contributed by atoms with van der Waals surface area (Å²) < 4.78 is 7.17.